The van der Waals surface area contributed by atoms with E-state index in [4.69, 9.17) is 16.3 Å². The standard InChI is InChI=1S/C25H35ClFN3O3/c1-33-19-21-8-13-28(14-9-21)11-2-3-12-29-16-17-30(15-10-25(29)32)24(31)7-5-20-4-6-23(27)22(26)18-20/h4-7,18,21H,2-3,8-17,19H2,1H3. The Morgan fingerprint density at radius 2 is 1.91 bits per heavy atom. The molecule has 0 aromatic heterocycles. The SMILES string of the molecule is COCC1CCN(CCCCN2CCN(C(=O)C=Cc3ccc(F)c(Cl)c3)CCC2=O)CC1. The molecular formula is C25H35ClFN3O3. The fourth-order valence-electron chi connectivity index (χ4n) is 4.46. The van der Waals surface area contributed by atoms with E-state index in [1.54, 1.807) is 24.2 Å². The number of nitrogens with zero attached hydrogens (tertiary/aromatic N) is 3. The summed E-state index contributed by atoms with van der Waals surface area (Å²) in [6, 6.07) is 4.33. The summed E-state index contributed by atoms with van der Waals surface area (Å²) in [6.45, 7) is 6.43. The lowest BCUT2D eigenvalue weighted by Crippen LogP contribution is -2.37. The van der Waals surface area contributed by atoms with Gasteiger partial charge in [0.1, 0.15) is 5.82 Å². The highest BCUT2D eigenvalue weighted by molar-refractivity contribution is 6.30. The quantitative estimate of drug-likeness (QED) is 0.400. The minimum Gasteiger partial charge on any atom is -0.384 e. The van der Waals surface area contributed by atoms with Crippen molar-refractivity contribution in [3.05, 3.63) is 40.7 Å². The monoisotopic (exact) mass is 479 g/mol. The molecule has 2 saturated heterocycles. The second kappa shape index (κ2) is 13.1. The molecule has 2 heterocycles. The smallest absolute Gasteiger partial charge is 0.246 e. The summed E-state index contributed by atoms with van der Waals surface area (Å²) >= 11 is 5.79. The largest absolute Gasteiger partial charge is 0.384 e. The van der Waals surface area contributed by atoms with Gasteiger partial charge in [0.05, 0.1) is 5.02 Å². The van der Waals surface area contributed by atoms with E-state index >= 15 is 0 Å². The number of rotatable bonds is 9. The van der Waals surface area contributed by atoms with Crippen molar-refractivity contribution in [3.8, 4) is 0 Å². The first-order chi connectivity index (χ1) is 16.0. The number of halogens is 2. The van der Waals surface area contributed by atoms with Crippen molar-refractivity contribution in [2.75, 3.05) is 59.5 Å². The Morgan fingerprint density at radius 3 is 2.64 bits per heavy atom. The number of ether oxygens (including phenoxy) is 1. The van der Waals surface area contributed by atoms with E-state index in [1.165, 1.54) is 31.1 Å². The molecular weight excluding hydrogens is 445 g/mol. The Morgan fingerprint density at radius 1 is 1.15 bits per heavy atom. The van der Waals surface area contributed by atoms with Crippen molar-refractivity contribution in [2.24, 2.45) is 5.92 Å². The van der Waals surface area contributed by atoms with E-state index in [2.05, 4.69) is 4.90 Å². The second-order valence-corrected chi connectivity index (χ2v) is 9.32. The summed E-state index contributed by atoms with van der Waals surface area (Å²) in [7, 11) is 1.77. The molecule has 33 heavy (non-hydrogen) atoms. The third kappa shape index (κ3) is 8.09. The molecule has 0 bridgehead atoms. The molecule has 2 aliphatic rings. The van der Waals surface area contributed by atoms with Crippen LogP contribution in [-0.2, 0) is 14.3 Å². The molecule has 0 unspecified atom stereocenters. The molecule has 2 aliphatic heterocycles. The van der Waals surface area contributed by atoms with Crippen LogP contribution >= 0.6 is 11.6 Å². The molecule has 182 valence electrons. The van der Waals surface area contributed by atoms with E-state index in [-0.39, 0.29) is 16.8 Å². The van der Waals surface area contributed by atoms with E-state index in [9.17, 15) is 14.0 Å². The Hall–Kier alpha value is -1.96. The van der Waals surface area contributed by atoms with Gasteiger partial charge in [-0.1, -0.05) is 17.7 Å². The zero-order valence-electron chi connectivity index (χ0n) is 19.5. The first kappa shape index (κ1) is 25.7. The van der Waals surface area contributed by atoms with Crippen LogP contribution in [0.4, 0.5) is 4.39 Å². The molecule has 3 rings (SSSR count). The minimum atomic E-state index is -0.488. The molecule has 0 radical (unpaired) electrons. The molecule has 1 aromatic carbocycles. The zero-order chi connectivity index (χ0) is 23.6. The highest BCUT2D eigenvalue weighted by atomic mass is 35.5. The van der Waals surface area contributed by atoms with Gasteiger partial charge < -0.3 is 19.4 Å². The second-order valence-electron chi connectivity index (χ2n) is 8.91. The maximum Gasteiger partial charge on any atom is 0.246 e. The van der Waals surface area contributed by atoms with Gasteiger partial charge in [-0.15, -0.1) is 0 Å². The average molecular weight is 480 g/mol. The van der Waals surface area contributed by atoms with Gasteiger partial charge in [0, 0.05) is 52.4 Å². The number of hydrogen-bond acceptors (Lipinski definition) is 4. The third-order valence-corrected chi connectivity index (χ3v) is 6.81. The molecule has 0 atom stereocenters. The summed E-state index contributed by atoms with van der Waals surface area (Å²) in [5.41, 5.74) is 0.658. The van der Waals surface area contributed by atoms with Crippen molar-refractivity contribution >= 4 is 29.5 Å². The van der Waals surface area contributed by atoms with Crippen molar-refractivity contribution in [2.45, 2.75) is 32.1 Å². The van der Waals surface area contributed by atoms with Gasteiger partial charge in [-0.25, -0.2) is 4.39 Å². The maximum atomic E-state index is 13.3. The van der Waals surface area contributed by atoms with E-state index in [0.29, 0.717) is 37.5 Å². The number of piperidine rings is 1. The lowest BCUT2D eigenvalue weighted by molar-refractivity contribution is -0.130. The topological polar surface area (TPSA) is 53.1 Å². The first-order valence-corrected chi connectivity index (χ1v) is 12.2. The highest BCUT2D eigenvalue weighted by Crippen LogP contribution is 2.18. The number of carbonyl (C=O) groups excluding carboxylic acids is 2. The number of carbonyl (C=O) groups is 2. The maximum absolute atomic E-state index is 13.3. The molecule has 0 saturated carbocycles. The van der Waals surface area contributed by atoms with Crippen LogP contribution in [0.25, 0.3) is 6.08 Å². The number of benzene rings is 1. The fraction of sp³-hybridized carbons (Fsp3) is 0.600. The van der Waals surface area contributed by atoms with Crippen LogP contribution in [0.5, 0.6) is 0 Å². The molecule has 8 heteroatoms. The van der Waals surface area contributed by atoms with Crippen LogP contribution in [-0.4, -0.2) is 86.0 Å². The van der Waals surface area contributed by atoms with E-state index in [1.807, 2.05) is 4.90 Å². The van der Waals surface area contributed by atoms with E-state index < -0.39 is 5.82 Å². The number of unbranched alkanes of at least 4 members (excludes halogenated alkanes) is 1. The Labute approximate surface area is 201 Å². The molecule has 6 nitrogen and oxygen atoms in total. The summed E-state index contributed by atoms with van der Waals surface area (Å²) in [6.07, 6.45) is 7.87. The normalized spacial score (nSPS) is 18.8. The van der Waals surface area contributed by atoms with Crippen LogP contribution in [0.15, 0.2) is 24.3 Å². The van der Waals surface area contributed by atoms with Crippen molar-refractivity contribution in [3.63, 3.8) is 0 Å². The van der Waals surface area contributed by atoms with Crippen LogP contribution in [0, 0.1) is 11.7 Å². The van der Waals surface area contributed by atoms with Gasteiger partial charge in [0.2, 0.25) is 11.8 Å². The Bertz CT molecular complexity index is 827. The van der Waals surface area contributed by atoms with Gasteiger partial charge in [-0.3, -0.25) is 9.59 Å². The van der Waals surface area contributed by atoms with Gasteiger partial charge >= 0.3 is 0 Å². The molecule has 0 spiro atoms. The van der Waals surface area contributed by atoms with Crippen LogP contribution in [0.1, 0.15) is 37.7 Å². The molecule has 0 N–H and O–H groups in total. The third-order valence-electron chi connectivity index (χ3n) is 6.52. The van der Waals surface area contributed by atoms with Crippen LogP contribution in [0.2, 0.25) is 5.02 Å². The predicted octanol–water partition coefficient (Wildman–Crippen LogP) is 3.69. The van der Waals surface area contributed by atoms with Crippen molar-refractivity contribution in [1.82, 2.24) is 14.7 Å². The van der Waals surface area contributed by atoms with Gasteiger partial charge in [-0.05, 0) is 75.0 Å². The predicted molar refractivity (Wildman–Crippen MR) is 128 cm³/mol. The summed E-state index contributed by atoms with van der Waals surface area (Å²) < 4.78 is 18.5. The molecule has 0 aliphatic carbocycles. The van der Waals surface area contributed by atoms with Crippen molar-refractivity contribution < 1.29 is 18.7 Å². The van der Waals surface area contributed by atoms with Crippen LogP contribution < -0.4 is 0 Å². The highest BCUT2D eigenvalue weighted by Gasteiger charge is 2.23. The summed E-state index contributed by atoms with van der Waals surface area (Å²) in [5, 5.41) is 0.0242. The number of methoxy groups -OCH3 is 1. The lowest BCUT2D eigenvalue weighted by Gasteiger charge is -2.31. The summed E-state index contributed by atoms with van der Waals surface area (Å²) in [5.74, 6) is 0.162. The minimum absolute atomic E-state index is 0.0242. The van der Waals surface area contributed by atoms with Gasteiger partial charge in [0.25, 0.3) is 0 Å². The van der Waals surface area contributed by atoms with Gasteiger partial charge in [-0.2, -0.15) is 0 Å². The molecule has 2 amide bonds. The molecule has 1 aromatic rings. The fourth-order valence-corrected chi connectivity index (χ4v) is 4.65. The number of amides is 2. The zero-order valence-corrected chi connectivity index (χ0v) is 20.2. The Kier molecular flexibility index (Phi) is 10.2. The van der Waals surface area contributed by atoms with Crippen molar-refractivity contribution in [1.29, 1.82) is 0 Å². The summed E-state index contributed by atoms with van der Waals surface area (Å²) in [4.78, 5) is 31.2. The van der Waals surface area contributed by atoms with Gasteiger partial charge in [0.15, 0.2) is 0 Å². The number of likely N-dealkylation sites (tertiary alicyclic amines) is 1. The number of hydrogen-bond donors (Lipinski definition) is 0. The first-order valence-electron chi connectivity index (χ1n) is 11.9. The van der Waals surface area contributed by atoms with E-state index in [0.717, 1.165) is 45.6 Å². The average Bonchev–Trinajstić information content (AvgIpc) is 3.00. The van der Waals surface area contributed by atoms with Crippen LogP contribution in [0.3, 0.4) is 0 Å². The lowest BCUT2D eigenvalue weighted by atomic mass is 9.97. The Balaban J connectivity index is 1.38. The molecule has 2 fully saturated rings.